The molecule has 2 aromatic rings. The van der Waals surface area contributed by atoms with Gasteiger partial charge in [0.25, 0.3) is 0 Å². The molecular weight excluding hydrogens is 322 g/mol. The van der Waals surface area contributed by atoms with Crippen LogP contribution in [-0.4, -0.2) is 32.2 Å². The maximum atomic E-state index is 5.84. The van der Waals surface area contributed by atoms with E-state index in [9.17, 15) is 0 Å². The highest BCUT2D eigenvalue weighted by molar-refractivity contribution is 9.10. The Hall–Kier alpha value is -1.47. The second-order valence-corrected chi connectivity index (χ2v) is 5.80. The van der Waals surface area contributed by atoms with Gasteiger partial charge < -0.3 is 14.6 Å². The molecule has 0 aromatic carbocycles. The summed E-state index contributed by atoms with van der Waals surface area (Å²) in [7, 11) is 1.99. The Balaban J connectivity index is 1.66. The van der Waals surface area contributed by atoms with Crippen LogP contribution in [0.15, 0.2) is 29.4 Å². The number of nitrogens with one attached hydrogen (secondary N) is 1. The summed E-state index contributed by atoms with van der Waals surface area (Å²) >= 11 is 3.33. The Morgan fingerprint density at radius 2 is 2.15 bits per heavy atom. The first-order valence-electron chi connectivity index (χ1n) is 6.54. The lowest BCUT2D eigenvalue weighted by molar-refractivity contribution is 0.00549. The zero-order chi connectivity index (χ0) is 13.9. The van der Waals surface area contributed by atoms with Crippen LogP contribution in [0.1, 0.15) is 24.6 Å². The number of imidazole rings is 1. The first-order chi connectivity index (χ1) is 9.72. The third-order valence-corrected chi connectivity index (χ3v) is 3.83. The second kappa shape index (κ2) is 5.88. The molecule has 1 N–H and O–H groups in total. The highest BCUT2D eigenvalue weighted by Crippen LogP contribution is 2.28. The Morgan fingerprint density at radius 1 is 1.35 bits per heavy atom. The fourth-order valence-corrected chi connectivity index (χ4v) is 2.59. The molecule has 2 atom stereocenters. The summed E-state index contributed by atoms with van der Waals surface area (Å²) in [4.78, 5) is 12.6. The van der Waals surface area contributed by atoms with Crippen molar-refractivity contribution in [1.29, 1.82) is 0 Å². The van der Waals surface area contributed by atoms with E-state index in [-0.39, 0.29) is 6.10 Å². The van der Waals surface area contributed by atoms with Crippen LogP contribution in [0.3, 0.4) is 0 Å². The molecule has 2 aromatic heterocycles. The summed E-state index contributed by atoms with van der Waals surface area (Å²) in [6.45, 7) is 0.726. The quantitative estimate of drug-likeness (QED) is 0.930. The summed E-state index contributed by atoms with van der Waals surface area (Å²) in [5.74, 6) is 0.656. The van der Waals surface area contributed by atoms with Crippen LogP contribution in [0.5, 0.6) is 0 Å². The van der Waals surface area contributed by atoms with Gasteiger partial charge in [-0.1, -0.05) is 0 Å². The average molecular weight is 338 g/mol. The number of aryl methyl sites for hydroxylation is 1. The summed E-state index contributed by atoms with van der Waals surface area (Å²) in [5.41, 5.74) is 1.10. The van der Waals surface area contributed by atoms with E-state index in [1.54, 1.807) is 18.7 Å². The van der Waals surface area contributed by atoms with Gasteiger partial charge in [0.05, 0.1) is 22.7 Å². The van der Waals surface area contributed by atoms with Crippen LogP contribution in [0.2, 0.25) is 0 Å². The number of anilines is 1. The van der Waals surface area contributed by atoms with Crippen LogP contribution >= 0.6 is 15.9 Å². The number of nitrogens with zero attached hydrogens (tertiary/aromatic N) is 4. The lowest BCUT2D eigenvalue weighted by Gasteiger charge is -2.30. The summed E-state index contributed by atoms with van der Waals surface area (Å²) in [6.07, 6.45) is 9.06. The fraction of sp³-hybridized carbons (Fsp3) is 0.462. The second-order valence-electron chi connectivity index (χ2n) is 4.88. The zero-order valence-electron chi connectivity index (χ0n) is 11.2. The molecule has 0 radical (unpaired) electrons. The highest BCUT2D eigenvalue weighted by Gasteiger charge is 2.26. The van der Waals surface area contributed by atoms with Crippen molar-refractivity contribution in [1.82, 2.24) is 19.5 Å². The minimum absolute atomic E-state index is 0.0733. The van der Waals surface area contributed by atoms with Gasteiger partial charge in [0.15, 0.2) is 0 Å². The molecule has 1 aliphatic heterocycles. The molecule has 1 saturated heterocycles. The van der Waals surface area contributed by atoms with Crippen LogP contribution in [0.25, 0.3) is 0 Å². The van der Waals surface area contributed by atoms with Gasteiger partial charge in [-0.15, -0.1) is 0 Å². The number of ether oxygens (including phenoxy) is 1. The van der Waals surface area contributed by atoms with E-state index in [1.165, 1.54) is 0 Å². The zero-order valence-corrected chi connectivity index (χ0v) is 12.7. The highest BCUT2D eigenvalue weighted by atomic mass is 79.9. The maximum absolute atomic E-state index is 5.84. The van der Waals surface area contributed by atoms with Crippen molar-refractivity contribution >= 4 is 21.9 Å². The van der Waals surface area contributed by atoms with Gasteiger partial charge in [-0.3, -0.25) is 0 Å². The molecule has 1 aliphatic rings. The van der Waals surface area contributed by atoms with E-state index in [0.29, 0.717) is 12.0 Å². The smallest absolute Gasteiger partial charge is 0.222 e. The summed E-state index contributed by atoms with van der Waals surface area (Å²) in [5, 5.41) is 3.37. The first-order valence-corrected chi connectivity index (χ1v) is 7.33. The van der Waals surface area contributed by atoms with Gasteiger partial charge in [0.2, 0.25) is 5.95 Å². The first kappa shape index (κ1) is 13.5. The molecule has 0 amide bonds. The van der Waals surface area contributed by atoms with E-state index in [4.69, 9.17) is 4.74 Å². The monoisotopic (exact) mass is 337 g/mol. The molecule has 3 heterocycles. The number of hydrogen-bond donors (Lipinski definition) is 1. The van der Waals surface area contributed by atoms with Gasteiger partial charge >= 0.3 is 0 Å². The van der Waals surface area contributed by atoms with Crippen LogP contribution in [-0.2, 0) is 11.8 Å². The maximum Gasteiger partial charge on any atom is 0.222 e. The van der Waals surface area contributed by atoms with Gasteiger partial charge in [-0.05, 0) is 28.8 Å². The van der Waals surface area contributed by atoms with E-state index in [2.05, 4.69) is 36.2 Å². The topological polar surface area (TPSA) is 64.9 Å². The van der Waals surface area contributed by atoms with Gasteiger partial charge in [-0.25, -0.2) is 15.0 Å². The third kappa shape index (κ3) is 2.99. The lowest BCUT2D eigenvalue weighted by Crippen LogP contribution is -2.31. The number of aromatic nitrogens is 4. The molecule has 0 saturated carbocycles. The SMILES string of the molecule is Cn1cncc1[C@H]1C[C@H](Nc2ncc(Br)cn2)CCO1. The van der Waals surface area contributed by atoms with E-state index >= 15 is 0 Å². The van der Waals surface area contributed by atoms with Crippen molar-refractivity contribution in [2.45, 2.75) is 25.0 Å². The lowest BCUT2D eigenvalue weighted by atomic mass is 10.0. The van der Waals surface area contributed by atoms with Crippen molar-refractivity contribution in [3.05, 3.63) is 35.1 Å². The summed E-state index contributed by atoms with van der Waals surface area (Å²) in [6, 6.07) is 0.310. The predicted molar refractivity (Wildman–Crippen MR) is 78.3 cm³/mol. The van der Waals surface area contributed by atoms with Crippen molar-refractivity contribution in [2.24, 2.45) is 7.05 Å². The number of halogens is 1. The minimum atomic E-state index is 0.0733. The largest absolute Gasteiger partial charge is 0.372 e. The van der Waals surface area contributed by atoms with E-state index in [0.717, 1.165) is 29.6 Å². The third-order valence-electron chi connectivity index (χ3n) is 3.42. The van der Waals surface area contributed by atoms with Crippen molar-refractivity contribution < 1.29 is 4.74 Å². The molecule has 3 rings (SSSR count). The standard InChI is InChI=1S/C13H16BrN5O/c1-19-8-15-7-11(19)12-4-10(2-3-20-12)18-13-16-5-9(14)6-17-13/h5-8,10,12H,2-4H2,1H3,(H,16,17,18)/t10-,12-/m1/s1. The molecule has 0 spiro atoms. The van der Waals surface area contributed by atoms with Crippen molar-refractivity contribution in [2.75, 3.05) is 11.9 Å². The Morgan fingerprint density at radius 3 is 2.85 bits per heavy atom. The normalized spacial score (nSPS) is 22.7. The number of rotatable bonds is 3. The van der Waals surface area contributed by atoms with E-state index < -0.39 is 0 Å². The summed E-state index contributed by atoms with van der Waals surface area (Å²) < 4.78 is 8.72. The molecular formula is C13H16BrN5O. The fourth-order valence-electron chi connectivity index (χ4n) is 2.38. The average Bonchev–Trinajstić information content (AvgIpc) is 2.88. The van der Waals surface area contributed by atoms with Gasteiger partial charge in [0, 0.05) is 32.1 Å². The molecule has 0 unspecified atom stereocenters. The van der Waals surface area contributed by atoms with Crippen molar-refractivity contribution in [3.8, 4) is 0 Å². The van der Waals surface area contributed by atoms with Crippen LogP contribution in [0.4, 0.5) is 5.95 Å². The molecule has 106 valence electrons. The van der Waals surface area contributed by atoms with Crippen LogP contribution < -0.4 is 5.32 Å². The van der Waals surface area contributed by atoms with Crippen LogP contribution in [0, 0.1) is 0 Å². The van der Waals surface area contributed by atoms with Crippen molar-refractivity contribution in [3.63, 3.8) is 0 Å². The molecule has 0 bridgehead atoms. The molecule has 0 aliphatic carbocycles. The predicted octanol–water partition coefficient (Wildman–Crippen LogP) is 2.30. The molecule has 20 heavy (non-hydrogen) atoms. The number of hydrogen-bond acceptors (Lipinski definition) is 5. The van der Waals surface area contributed by atoms with Gasteiger partial charge in [-0.2, -0.15) is 0 Å². The van der Waals surface area contributed by atoms with E-state index in [1.807, 2.05) is 17.8 Å². The molecule has 7 heteroatoms. The minimum Gasteiger partial charge on any atom is -0.372 e. The Labute approximate surface area is 125 Å². The van der Waals surface area contributed by atoms with Gasteiger partial charge in [0.1, 0.15) is 6.10 Å². The molecule has 1 fully saturated rings. The Bertz CT molecular complexity index is 570. The molecule has 6 nitrogen and oxygen atoms in total. The Kier molecular flexibility index (Phi) is 3.98.